The molecule has 0 bridgehead atoms. The number of nitrogens with one attached hydrogen (secondary N) is 1. The third-order valence-corrected chi connectivity index (χ3v) is 5.63. The molecule has 2 rings (SSSR count). The van der Waals surface area contributed by atoms with Crippen LogP contribution in [-0.4, -0.2) is 6.54 Å². The molecule has 0 amide bonds. The Morgan fingerprint density at radius 1 is 1.21 bits per heavy atom. The van der Waals surface area contributed by atoms with E-state index in [0.29, 0.717) is 6.04 Å². The van der Waals surface area contributed by atoms with E-state index in [2.05, 4.69) is 43.5 Å². The van der Waals surface area contributed by atoms with Crippen LogP contribution in [0.1, 0.15) is 74.2 Å². The Morgan fingerprint density at radius 3 is 2.74 bits per heavy atom. The van der Waals surface area contributed by atoms with E-state index in [1.807, 2.05) is 0 Å². The van der Waals surface area contributed by atoms with E-state index in [1.165, 1.54) is 44.9 Å². The van der Waals surface area contributed by atoms with Crippen LogP contribution in [0.3, 0.4) is 0 Å². The average Bonchev–Trinajstić information content (AvgIpc) is 2.67. The van der Waals surface area contributed by atoms with E-state index in [4.69, 9.17) is 0 Å². The molecule has 1 aliphatic carbocycles. The summed E-state index contributed by atoms with van der Waals surface area (Å²) in [4.78, 5) is 3.27. The summed E-state index contributed by atoms with van der Waals surface area (Å²) in [5, 5.41) is 3.72. The monoisotopic (exact) mass is 279 g/mol. The zero-order valence-electron chi connectivity index (χ0n) is 12.8. The standard InChI is InChI=1S/C17H29NS/c1-4-9-13(3)17(18-5-2)16-12-14-10-7-6-8-11-15(14)19-16/h12-13,17-18H,4-11H2,1-3H3. The molecule has 2 heteroatoms. The summed E-state index contributed by atoms with van der Waals surface area (Å²) >= 11 is 2.09. The van der Waals surface area contributed by atoms with Gasteiger partial charge in [-0.2, -0.15) is 0 Å². The molecule has 0 spiro atoms. The number of rotatable bonds is 6. The zero-order valence-corrected chi connectivity index (χ0v) is 13.6. The smallest absolute Gasteiger partial charge is 0.0440 e. The largest absolute Gasteiger partial charge is 0.309 e. The summed E-state index contributed by atoms with van der Waals surface area (Å²) in [5.41, 5.74) is 1.66. The fourth-order valence-electron chi connectivity index (χ4n) is 3.27. The SMILES string of the molecule is CCCC(C)C(NCC)c1cc2c(s1)CCCCC2. The Balaban J connectivity index is 2.17. The van der Waals surface area contributed by atoms with E-state index in [0.717, 1.165) is 12.5 Å². The van der Waals surface area contributed by atoms with Crippen molar-refractivity contribution in [3.63, 3.8) is 0 Å². The molecule has 0 saturated carbocycles. The maximum Gasteiger partial charge on any atom is 0.0440 e. The van der Waals surface area contributed by atoms with Gasteiger partial charge in [-0.05, 0) is 56.2 Å². The molecule has 0 radical (unpaired) electrons. The van der Waals surface area contributed by atoms with Gasteiger partial charge in [0.15, 0.2) is 0 Å². The molecule has 2 atom stereocenters. The van der Waals surface area contributed by atoms with Gasteiger partial charge in [0, 0.05) is 15.8 Å². The van der Waals surface area contributed by atoms with Gasteiger partial charge in [-0.1, -0.05) is 33.6 Å². The fourth-order valence-corrected chi connectivity index (χ4v) is 4.73. The number of thiophene rings is 1. The highest BCUT2D eigenvalue weighted by atomic mass is 32.1. The second kappa shape index (κ2) is 7.44. The van der Waals surface area contributed by atoms with Gasteiger partial charge in [-0.3, -0.25) is 0 Å². The van der Waals surface area contributed by atoms with Crippen LogP contribution < -0.4 is 5.32 Å². The summed E-state index contributed by atoms with van der Waals surface area (Å²) < 4.78 is 0. The minimum absolute atomic E-state index is 0.571. The Bertz CT molecular complexity index is 359. The van der Waals surface area contributed by atoms with Gasteiger partial charge in [-0.15, -0.1) is 11.3 Å². The van der Waals surface area contributed by atoms with Gasteiger partial charge < -0.3 is 5.32 Å². The lowest BCUT2D eigenvalue weighted by atomic mass is 9.95. The lowest BCUT2D eigenvalue weighted by Crippen LogP contribution is -2.26. The van der Waals surface area contributed by atoms with Gasteiger partial charge >= 0.3 is 0 Å². The van der Waals surface area contributed by atoms with Crippen LogP contribution in [0.4, 0.5) is 0 Å². The van der Waals surface area contributed by atoms with E-state index in [9.17, 15) is 0 Å². The molecule has 1 nitrogen and oxygen atoms in total. The van der Waals surface area contributed by atoms with Gasteiger partial charge in [0.2, 0.25) is 0 Å². The topological polar surface area (TPSA) is 12.0 Å². The second-order valence-electron chi connectivity index (χ2n) is 5.96. The van der Waals surface area contributed by atoms with E-state index in [1.54, 1.807) is 15.3 Å². The van der Waals surface area contributed by atoms with Crippen LogP contribution in [0.2, 0.25) is 0 Å². The van der Waals surface area contributed by atoms with Crippen LogP contribution in [-0.2, 0) is 12.8 Å². The van der Waals surface area contributed by atoms with Crippen molar-refractivity contribution in [2.24, 2.45) is 5.92 Å². The molecule has 0 saturated heterocycles. The Morgan fingerprint density at radius 2 is 2.00 bits per heavy atom. The third-order valence-electron chi connectivity index (χ3n) is 4.31. The first kappa shape index (κ1) is 15.1. The Labute approximate surface area is 122 Å². The predicted molar refractivity (Wildman–Crippen MR) is 86.1 cm³/mol. The summed E-state index contributed by atoms with van der Waals surface area (Å²) in [7, 11) is 0. The quantitative estimate of drug-likeness (QED) is 0.714. The first-order valence-corrected chi connectivity index (χ1v) is 8.92. The van der Waals surface area contributed by atoms with Gasteiger partial charge in [0.1, 0.15) is 0 Å². The number of fused-ring (bicyclic) bond motifs is 1. The summed E-state index contributed by atoms with van der Waals surface area (Å²) in [6, 6.07) is 3.09. The Hall–Kier alpha value is -0.340. The molecular weight excluding hydrogens is 250 g/mol. The van der Waals surface area contributed by atoms with E-state index in [-0.39, 0.29) is 0 Å². The van der Waals surface area contributed by atoms with Crippen LogP contribution in [0.15, 0.2) is 6.07 Å². The molecule has 1 heterocycles. The van der Waals surface area contributed by atoms with Crippen LogP contribution >= 0.6 is 11.3 Å². The Kier molecular flexibility index (Phi) is 5.90. The molecule has 1 N–H and O–H groups in total. The minimum Gasteiger partial charge on any atom is -0.309 e. The fraction of sp³-hybridized carbons (Fsp3) is 0.765. The summed E-state index contributed by atoms with van der Waals surface area (Å²) in [5.74, 6) is 0.743. The van der Waals surface area contributed by atoms with Gasteiger partial charge in [0.25, 0.3) is 0 Å². The van der Waals surface area contributed by atoms with Crippen molar-refractivity contribution in [1.29, 1.82) is 0 Å². The first-order chi connectivity index (χ1) is 9.26. The van der Waals surface area contributed by atoms with Gasteiger partial charge in [-0.25, -0.2) is 0 Å². The molecule has 0 aromatic carbocycles. The molecule has 108 valence electrons. The van der Waals surface area contributed by atoms with Crippen molar-refractivity contribution < 1.29 is 0 Å². The lowest BCUT2D eigenvalue weighted by Gasteiger charge is -2.23. The summed E-state index contributed by atoms with van der Waals surface area (Å²) in [6.07, 6.45) is 9.44. The maximum absolute atomic E-state index is 3.72. The number of hydrogen-bond acceptors (Lipinski definition) is 2. The molecule has 0 aliphatic heterocycles. The highest BCUT2D eigenvalue weighted by Crippen LogP contribution is 2.36. The molecule has 1 aliphatic rings. The molecule has 1 aromatic rings. The van der Waals surface area contributed by atoms with Gasteiger partial charge in [0.05, 0.1) is 0 Å². The zero-order chi connectivity index (χ0) is 13.7. The van der Waals surface area contributed by atoms with Crippen molar-refractivity contribution in [1.82, 2.24) is 5.32 Å². The molecular formula is C17H29NS. The summed E-state index contributed by atoms with van der Waals surface area (Å²) in [6.45, 7) is 8.00. The third kappa shape index (κ3) is 3.82. The first-order valence-electron chi connectivity index (χ1n) is 8.11. The number of hydrogen-bond donors (Lipinski definition) is 1. The van der Waals surface area contributed by atoms with E-state index < -0.39 is 0 Å². The molecule has 2 unspecified atom stereocenters. The highest BCUT2D eigenvalue weighted by molar-refractivity contribution is 7.12. The molecule has 19 heavy (non-hydrogen) atoms. The molecule has 0 fully saturated rings. The van der Waals surface area contributed by atoms with Crippen molar-refractivity contribution in [2.75, 3.05) is 6.54 Å². The van der Waals surface area contributed by atoms with Crippen molar-refractivity contribution in [3.8, 4) is 0 Å². The normalized spacial score (nSPS) is 18.7. The van der Waals surface area contributed by atoms with Crippen LogP contribution in [0.5, 0.6) is 0 Å². The van der Waals surface area contributed by atoms with E-state index >= 15 is 0 Å². The van der Waals surface area contributed by atoms with Crippen molar-refractivity contribution >= 4 is 11.3 Å². The minimum atomic E-state index is 0.571. The highest BCUT2D eigenvalue weighted by Gasteiger charge is 2.22. The van der Waals surface area contributed by atoms with Crippen LogP contribution in [0, 0.1) is 5.92 Å². The number of aryl methyl sites for hydroxylation is 2. The average molecular weight is 279 g/mol. The molecule has 1 aromatic heterocycles. The van der Waals surface area contributed by atoms with Crippen LogP contribution in [0.25, 0.3) is 0 Å². The maximum atomic E-state index is 3.72. The van der Waals surface area contributed by atoms with Crippen molar-refractivity contribution in [3.05, 3.63) is 21.4 Å². The lowest BCUT2D eigenvalue weighted by molar-refractivity contribution is 0.374. The predicted octanol–water partition coefficient (Wildman–Crippen LogP) is 5.10. The van der Waals surface area contributed by atoms with Crippen molar-refractivity contribution in [2.45, 2.75) is 71.8 Å². The second-order valence-corrected chi connectivity index (χ2v) is 7.13.